The number of nitrogens with one attached hydrogen (secondary N) is 1. The number of carbonyl (C=O) groups excluding carboxylic acids is 1. The molecule has 1 amide bonds. The number of nitrogens with zero attached hydrogens (tertiary/aromatic N) is 4. The van der Waals surface area contributed by atoms with E-state index in [1.807, 2.05) is 6.92 Å². The topological polar surface area (TPSA) is 134 Å². The Kier molecular flexibility index (Phi) is 6.93. The third-order valence-corrected chi connectivity index (χ3v) is 6.50. The van der Waals surface area contributed by atoms with Crippen LogP contribution < -0.4 is 21.3 Å². The first-order valence-electron chi connectivity index (χ1n) is 11.2. The van der Waals surface area contributed by atoms with Gasteiger partial charge in [-0.1, -0.05) is 6.92 Å². The number of imidazole rings is 1. The molecular formula is C23H24FN5O6S. The first-order valence-corrected chi connectivity index (χ1v) is 12.6. The number of amides is 1. The maximum Gasteiger partial charge on any atom is 0.332 e. The minimum absolute atomic E-state index is 0.160. The molecule has 0 aliphatic rings. The van der Waals surface area contributed by atoms with Crippen molar-refractivity contribution in [3.63, 3.8) is 0 Å². The fourth-order valence-electron chi connectivity index (χ4n) is 3.91. The molecular weight excluding hydrogens is 493 g/mol. The van der Waals surface area contributed by atoms with Crippen molar-refractivity contribution < 1.29 is 21.8 Å². The molecule has 0 saturated carbocycles. The predicted molar refractivity (Wildman–Crippen MR) is 130 cm³/mol. The summed E-state index contributed by atoms with van der Waals surface area (Å²) in [6.45, 7) is 2.48. The number of ether oxygens (including phenoxy) is 1. The summed E-state index contributed by atoms with van der Waals surface area (Å²) >= 11 is 0. The van der Waals surface area contributed by atoms with E-state index in [0.717, 1.165) is 12.1 Å². The van der Waals surface area contributed by atoms with Gasteiger partial charge in [-0.25, -0.2) is 9.78 Å². The van der Waals surface area contributed by atoms with Crippen molar-refractivity contribution in [2.75, 3.05) is 13.7 Å². The Morgan fingerprint density at radius 3 is 2.47 bits per heavy atom. The standard InChI is InChI=1S/C23H24FN5O6S/c1-3-11-29-22(31)19-20(26-18-14-16(35-2)9-13-27(18)19)28(23(29)32)12-4-10-25-21(30)15-5-7-17(8-6-15)36(24,33)34/h5-9,13-14H,3-4,10-12H2,1-2H3,(H,25,30). The summed E-state index contributed by atoms with van der Waals surface area (Å²) in [7, 11) is -3.33. The zero-order chi connectivity index (χ0) is 26.0. The molecule has 190 valence electrons. The molecule has 13 heteroatoms. The molecule has 11 nitrogen and oxygen atoms in total. The second-order valence-corrected chi connectivity index (χ2v) is 9.39. The summed E-state index contributed by atoms with van der Waals surface area (Å²) in [6.07, 6.45) is 2.60. The first kappa shape index (κ1) is 25.1. The fourth-order valence-corrected chi connectivity index (χ4v) is 4.37. The SMILES string of the molecule is CCCn1c(=O)c2c(nc3cc(OC)ccn32)n(CCCNC(=O)c2ccc(S(=O)(=O)F)cc2)c1=O. The van der Waals surface area contributed by atoms with Gasteiger partial charge in [-0.2, -0.15) is 8.42 Å². The van der Waals surface area contributed by atoms with E-state index in [2.05, 4.69) is 10.3 Å². The number of aromatic nitrogens is 4. The first-order chi connectivity index (χ1) is 17.2. The van der Waals surface area contributed by atoms with Crippen LogP contribution in [-0.4, -0.2) is 46.5 Å². The van der Waals surface area contributed by atoms with E-state index < -0.39 is 32.3 Å². The highest BCUT2D eigenvalue weighted by Gasteiger charge is 2.19. The number of pyridine rings is 1. The van der Waals surface area contributed by atoms with E-state index >= 15 is 0 Å². The molecule has 0 radical (unpaired) electrons. The number of methoxy groups -OCH3 is 1. The molecule has 3 heterocycles. The van der Waals surface area contributed by atoms with Crippen molar-refractivity contribution in [1.29, 1.82) is 0 Å². The van der Waals surface area contributed by atoms with Gasteiger partial charge >= 0.3 is 15.9 Å². The summed E-state index contributed by atoms with van der Waals surface area (Å²) in [6, 6.07) is 7.80. The smallest absolute Gasteiger partial charge is 0.332 e. The van der Waals surface area contributed by atoms with Crippen LogP contribution >= 0.6 is 0 Å². The Morgan fingerprint density at radius 1 is 1.11 bits per heavy atom. The summed E-state index contributed by atoms with van der Waals surface area (Å²) in [5, 5.41) is 2.68. The predicted octanol–water partition coefficient (Wildman–Crippen LogP) is 1.71. The summed E-state index contributed by atoms with van der Waals surface area (Å²) in [5.74, 6) is 0.0755. The Hall–Kier alpha value is -4.00. The Bertz CT molecular complexity index is 1670. The number of fused-ring (bicyclic) bond motifs is 3. The highest BCUT2D eigenvalue weighted by atomic mass is 32.3. The van der Waals surface area contributed by atoms with Gasteiger partial charge in [0.1, 0.15) is 11.4 Å². The molecule has 0 atom stereocenters. The Morgan fingerprint density at radius 2 is 1.83 bits per heavy atom. The van der Waals surface area contributed by atoms with Gasteiger partial charge in [-0.3, -0.25) is 23.1 Å². The number of aryl methyl sites for hydroxylation is 1. The van der Waals surface area contributed by atoms with Crippen molar-refractivity contribution in [2.24, 2.45) is 0 Å². The van der Waals surface area contributed by atoms with Gasteiger partial charge in [0.2, 0.25) is 0 Å². The highest BCUT2D eigenvalue weighted by molar-refractivity contribution is 7.86. The molecule has 1 aromatic carbocycles. The van der Waals surface area contributed by atoms with Crippen LogP contribution in [0.2, 0.25) is 0 Å². The van der Waals surface area contributed by atoms with Gasteiger partial charge in [0.15, 0.2) is 11.2 Å². The van der Waals surface area contributed by atoms with Crippen LogP contribution in [0.25, 0.3) is 16.8 Å². The average molecular weight is 518 g/mol. The second kappa shape index (κ2) is 9.93. The minimum Gasteiger partial charge on any atom is -0.497 e. The molecule has 0 fully saturated rings. The Labute approximate surface area is 205 Å². The van der Waals surface area contributed by atoms with E-state index in [1.54, 1.807) is 22.7 Å². The number of benzene rings is 1. The maximum absolute atomic E-state index is 13.1. The van der Waals surface area contributed by atoms with Gasteiger partial charge in [0.25, 0.3) is 11.5 Å². The van der Waals surface area contributed by atoms with Crippen molar-refractivity contribution >= 4 is 32.9 Å². The van der Waals surface area contributed by atoms with Gasteiger partial charge in [0, 0.05) is 37.5 Å². The number of carbonyl (C=O) groups is 1. The molecule has 4 rings (SSSR count). The molecule has 0 spiro atoms. The third kappa shape index (κ3) is 4.73. The van der Waals surface area contributed by atoms with E-state index in [0.29, 0.717) is 24.2 Å². The lowest BCUT2D eigenvalue weighted by Crippen LogP contribution is -2.40. The molecule has 0 aliphatic carbocycles. The van der Waals surface area contributed by atoms with Gasteiger partial charge in [-0.15, -0.1) is 3.89 Å². The minimum atomic E-state index is -4.85. The molecule has 3 aromatic heterocycles. The number of rotatable bonds is 9. The zero-order valence-electron chi connectivity index (χ0n) is 19.6. The summed E-state index contributed by atoms with van der Waals surface area (Å²) in [4.78, 5) is 42.6. The molecule has 0 bridgehead atoms. The van der Waals surface area contributed by atoms with Gasteiger partial charge in [0.05, 0.1) is 12.0 Å². The van der Waals surface area contributed by atoms with Gasteiger partial charge in [-0.05, 0) is 43.2 Å². The lowest BCUT2D eigenvalue weighted by atomic mass is 10.2. The van der Waals surface area contributed by atoms with Crippen LogP contribution in [0.5, 0.6) is 5.75 Å². The van der Waals surface area contributed by atoms with E-state index in [1.165, 1.54) is 28.4 Å². The lowest BCUT2D eigenvalue weighted by molar-refractivity contribution is 0.0952. The van der Waals surface area contributed by atoms with Crippen LogP contribution in [0.3, 0.4) is 0 Å². The second-order valence-electron chi connectivity index (χ2n) is 8.04. The lowest BCUT2D eigenvalue weighted by Gasteiger charge is -2.11. The monoisotopic (exact) mass is 517 g/mol. The van der Waals surface area contributed by atoms with Crippen LogP contribution in [0, 0.1) is 0 Å². The van der Waals surface area contributed by atoms with Crippen LogP contribution in [0.4, 0.5) is 3.89 Å². The summed E-state index contributed by atoms with van der Waals surface area (Å²) < 4.78 is 44.3. The molecule has 0 aliphatic heterocycles. The Balaban J connectivity index is 1.58. The summed E-state index contributed by atoms with van der Waals surface area (Å²) in [5.41, 5.74) is 0.202. The highest BCUT2D eigenvalue weighted by Crippen LogP contribution is 2.18. The zero-order valence-corrected chi connectivity index (χ0v) is 20.4. The fraction of sp³-hybridized carbons (Fsp3) is 0.304. The number of hydrogen-bond donors (Lipinski definition) is 1. The normalized spacial score (nSPS) is 11.8. The van der Waals surface area contributed by atoms with Crippen molar-refractivity contribution in [1.82, 2.24) is 23.8 Å². The molecule has 1 N–H and O–H groups in total. The van der Waals surface area contributed by atoms with E-state index in [4.69, 9.17) is 4.74 Å². The quantitative estimate of drug-likeness (QED) is 0.264. The van der Waals surface area contributed by atoms with Crippen molar-refractivity contribution in [3.05, 3.63) is 69.0 Å². The maximum atomic E-state index is 13.1. The molecule has 36 heavy (non-hydrogen) atoms. The molecule has 0 saturated heterocycles. The molecule has 0 unspecified atom stereocenters. The largest absolute Gasteiger partial charge is 0.497 e. The number of halogens is 1. The van der Waals surface area contributed by atoms with Crippen LogP contribution in [-0.2, 0) is 23.3 Å². The van der Waals surface area contributed by atoms with E-state index in [-0.39, 0.29) is 36.4 Å². The third-order valence-electron chi connectivity index (χ3n) is 5.67. The number of hydrogen-bond acceptors (Lipinski definition) is 7. The van der Waals surface area contributed by atoms with Crippen molar-refractivity contribution in [2.45, 2.75) is 37.8 Å². The van der Waals surface area contributed by atoms with Crippen LogP contribution in [0.15, 0.2) is 57.1 Å². The van der Waals surface area contributed by atoms with Gasteiger partial charge < -0.3 is 10.1 Å². The van der Waals surface area contributed by atoms with Crippen LogP contribution in [0.1, 0.15) is 30.1 Å². The molecule has 4 aromatic rings. The van der Waals surface area contributed by atoms with Crippen molar-refractivity contribution in [3.8, 4) is 5.75 Å². The average Bonchev–Trinajstić information content (AvgIpc) is 3.24. The van der Waals surface area contributed by atoms with E-state index in [9.17, 15) is 26.7 Å².